The highest BCUT2D eigenvalue weighted by molar-refractivity contribution is 5.86. The molecular weight excluding hydrogens is 238 g/mol. The maximum absolute atomic E-state index is 11.3. The molecule has 0 aliphatic carbocycles. The maximum Gasteiger partial charge on any atom is 0.217 e. The molecule has 0 saturated carbocycles. The van der Waals surface area contributed by atoms with Crippen LogP contribution in [0.5, 0.6) is 0 Å². The molecule has 0 aromatic heterocycles. The van der Waals surface area contributed by atoms with Crippen molar-refractivity contribution in [1.29, 1.82) is 0 Å². The molecule has 0 radical (unpaired) electrons. The molecule has 104 valence electrons. The van der Waals surface area contributed by atoms with E-state index >= 15 is 0 Å². The first-order chi connectivity index (χ1) is 9.09. The number of carbonyl (C=O) groups is 2. The monoisotopic (exact) mass is 261 g/mol. The lowest BCUT2D eigenvalue weighted by molar-refractivity contribution is -0.125. The van der Waals surface area contributed by atoms with Crippen LogP contribution < -0.4 is 5.32 Å². The van der Waals surface area contributed by atoms with Crippen LogP contribution in [0.15, 0.2) is 30.3 Å². The smallest absolute Gasteiger partial charge is 0.217 e. The summed E-state index contributed by atoms with van der Waals surface area (Å²) in [6.45, 7) is 6.91. The van der Waals surface area contributed by atoms with Gasteiger partial charge in [-0.3, -0.25) is 9.59 Å². The normalized spacial score (nSPS) is 9.79. The Balaban J connectivity index is 0. The van der Waals surface area contributed by atoms with Gasteiger partial charge in [-0.25, -0.2) is 0 Å². The zero-order valence-corrected chi connectivity index (χ0v) is 12.1. The second-order valence-electron chi connectivity index (χ2n) is 3.55. The highest BCUT2D eigenvalue weighted by Gasteiger charge is 2.15. The van der Waals surface area contributed by atoms with E-state index in [2.05, 4.69) is 18.2 Å². The Kier molecular flexibility index (Phi) is 12.6. The van der Waals surface area contributed by atoms with Gasteiger partial charge in [-0.1, -0.05) is 44.2 Å². The van der Waals surface area contributed by atoms with E-state index in [4.69, 9.17) is 0 Å². The van der Waals surface area contributed by atoms with Crippen molar-refractivity contribution >= 4 is 11.7 Å². The molecule has 0 spiro atoms. The molecule has 1 rings (SSSR count). The summed E-state index contributed by atoms with van der Waals surface area (Å²) in [5.41, 5.74) is 1.05. The summed E-state index contributed by atoms with van der Waals surface area (Å²) >= 11 is 0. The van der Waals surface area contributed by atoms with E-state index in [1.807, 2.05) is 44.2 Å². The van der Waals surface area contributed by atoms with Gasteiger partial charge in [-0.15, -0.1) is 12.8 Å². The van der Waals surface area contributed by atoms with E-state index in [0.29, 0.717) is 6.42 Å². The number of rotatable bonds is 4. The number of Topliss-reactive ketones (excluding diaryl/α,β-unsaturated/α-hetero) is 1. The first-order valence-electron chi connectivity index (χ1n) is 6.24. The van der Waals surface area contributed by atoms with Gasteiger partial charge >= 0.3 is 0 Å². The largest absolute Gasteiger partial charge is 0.346 e. The summed E-state index contributed by atoms with van der Waals surface area (Å²) in [6, 6.07) is 9.23. The molecule has 0 saturated heterocycles. The van der Waals surface area contributed by atoms with Gasteiger partial charge in [-0.05, 0) is 18.9 Å². The van der Waals surface area contributed by atoms with E-state index in [1.54, 1.807) is 0 Å². The van der Waals surface area contributed by atoms with Crippen LogP contribution in [0.4, 0.5) is 0 Å². The summed E-state index contributed by atoms with van der Waals surface area (Å²) in [5, 5.41) is 2.64. The van der Waals surface area contributed by atoms with E-state index in [0.717, 1.165) is 5.56 Å². The summed E-state index contributed by atoms with van der Waals surface area (Å²) in [4.78, 5) is 22.2. The van der Waals surface area contributed by atoms with Crippen molar-refractivity contribution in [3.8, 4) is 12.8 Å². The van der Waals surface area contributed by atoms with Crippen molar-refractivity contribution in [1.82, 2.24) is 5.32 Å². The molecule has 1 unspecified atom stereocenters. The average Bonchev–Trinajstić information content (AvgIpc) is 2.43. The molecule has 1 aromatic carbocycles. The minimum Gasteiger partial charge on any atom is -0.346 e. The summed E-state index contributed by atoms with van der Waals surface area (Å²) in [6.07, 6.45) is 8.55. The van der Waals surface area contributed by atoms with Gasteiger partial charge in [0.15, 0.2) is 5.78 Å². The van der Waals surface area contributed by atoms with Crippen LogP contribution >= 0.6 is 0 Å². The maximum atomic E-state index is 11.3. The number of carbonyl (C=O) groups excluding carboxylic acids is 2. The van der Waals surface area contributed by atoms with E-state index in [9.17, 15) is 9.59 Å². The molecular formula is C16H23NO2. The summed E-state index contributed by atoms with van der Waals surface area (Å²) in [7, 11) is 0. The number of hydrogen-bond donors (Lipinski definition) is 1. The Morgan fingerprint density at radius 2 is 1.58 bits per heavy atom. The third-order valence-electron chi connectivity index (χ3n) is 2.15. The first-order valence-corrected chi connectivity index (χ1v) is 6.24. The van der Waals surface area contributed by atoms with Gasteiger partial charge in [0.25, 0.3) is 0 Å². The van der Waals surface area contributed by atoms with Crippen LogP contribution in [-0.4, -0.2) is 17.7 Å². The van der Waals surface area contributed by atoms with Crippen LogP contribution in [0.25, 0.3) is 0 Å². The predicted molar refractivity (Wildman–Crippen MR) is 79.7 cm³/mol. The number of nitrogens with one attached hydrogen (secondary N) is 1. The standard InChI is InChI=1S/C12H15NO2.C2H6.C2H2/c1-9(14)12(13-10(2)15)8-11-6-4-3-5-7-11;2*1-2/h3-7,12H,8H2,1-2H3,(H,13,15);1-2H3;1-2H. The van der Waals surface area contributed by atoms with Crippen molar-refractivity contribution in [3.63, 3.8) is 0 Å². The number of terminal acetylenes is 1. The molecule has 19 heavy (non-hydrogen) atoms. The van der Waals surface area contributed by atoms with Gasteiger partial charge in [0.2, 0.25) is 5.91 Å². The number of hydrogen-bond acceptors (Lipinski definition) is 2. The lowest BCUT2D eigenvalue weighted by Crippen LogP contribution is -2.40. The quantitative estimate of drug-likeness (QED) is 0.847. The summed E-state index contributed by atoms with van der Waals surface area (Å²) in [5.74, 6) is -0.194. The molecule has 0 aliphatic rings. The molecule has 0 aliphatic heterocycles. The van der Waals surface area contributed by atoms with Crippen molar-refractivity contribution in [2.75, 3.05) is 0 Å². The zero-order valence-electron chi connectivity index (χ0n) is 12.1. The van der Waals surface area contributed by atoms with Crippen LogP contribution in [-0.2, 0) is 16.0 Å². The van der Waals surface area contributed by atoms with Crippen LogP contribution in [0.3, 0.4) is 0 Å². The predicted octanol–water partition coefficient (Wildman–Crippen LogP) is 2.60. The Hall–Kier alpha value is -2.08. The molecule has 0 fully saturated rings. The molecule has 3 heteroatoms. The first kappa shape index (κ1) is 19.3. The number of ketones is 1. The second-order valence-corrected chi connectivity index (χ2v) is 3.55. The second kappa shape index (κ2) is 12.4. The van der Waals surface area contributed by atoms with E-state index in [-0.39, 0.29) is 11.7 Å². The van der Waals surface area contributed by atoms with E-state index < -0.39 is 6.04 Å². The SMILES string of the molecule is C#C.CC.CC(=O)NC(Cc1ccccc1)C(C)=O. The molecule has 1 atom stereocenters. The average molecular weight is 261 g/mol. The topological polar surface area (TPSA) is 46.2 Å². The van der Waals surface area contributed by atoms with Crippen LogP contribution in [0, 0.1) is 12.8 Å². The van der Waals surface area contributed by atoms with Gasteiger partial charge in [0.05, 0.1) is 6.04 Å². The van der Waals surface area contributed by atoms with Gasteiger partial charge in [0, 0.05) is 6.92 Å². The molecule has 0 bridgehead atoms. The Bertz CT molecular complexity index is 382. The van der Waals surface area contributed by atoms with Gasteiger partial charge in [0.1, 0.15) is 0 Å². The highest BCUT2D eigenvalue weighted by Crippen LogP contribution is 2.03. The van der Waals surface area contributed by atoms with Gasteiger partial charge in [-0.2, -0.15) is 0 Å². The summed E-state index contributed by atoms with van der Waals surface area (Å²) < 4.78 is 0. The fourth-order valence-electron chi connectivity index (χ4n) is 1.39. The van der Waals surface area contributed by atoms with Crippen LogP contribution in [0.2, 0.25) is 0 Å². The van der Waals surface area contributed by atoms with E-state index in [1.165, 1.54) is 13.8 Å². The molecule has 3 nitrogen and oxygen atoms in total. The molecule has 0 heterocycles. The minimum absolute atomic E-state index is 0.0194. The lowest BCUT2D eigenvalue weighted by atomic mass is 10.0. The lowest BCUT2D eigenvalue weighted by Gasteiger charge is -2.14. The zero-order chi connectivity index (χ0) is 15.3. The number of benzene rings is 1. The molecule has 1 aromatic rings. The van der Waals surface area contributed by atoms with Gasteiger partial charge < -0.3 is 5.32 Å². The van der Waals surface area contributed by atoms with Crippen molar-refractivity contribution < 1.29 is 9.59 Å². The third kappa shape index (κ3) is 9.61. The minimum atomic E-state index is -0.412. The van der Waals surface area contributed by atoms with Crippen molar-refractivity contribution in [3.05, 3.63) is 35.9 Å². The number of amides is 1. The van der Waals surface area contributed by atoms with Crippen molar-refractivity contribution in [2.45, 2.75) is 40.2 Å². The molecule has 1 N–H and O–H groups in total. The highest BCUT2D eigenvalue weighted by atomic mass is 16.2. The Morgan fingerprint density at radius 1 is 1.11 bits per heavy atom. The fourth-order valence-corrected chi connectivity index (χ4v) is 1.39. The Labute approximate surface area is 116 Å². The fraction of sp³-hybridized carbons (Fsp3) is 0.375. The van der Waals surface area contributed by atoms with Crippen LogP contribution in [0.1, 0.15) is 33.3 Å². The third-order valence-corrected chi connectivity index (χ3v) is 2.15. The molecule has 1 amide bonds. The van der Waals surface area contributed by atoms with Crippen molar-refractivity contribution in [2.24, 2.45) is 0 Å². The Morgan fingerprint density at radius 3 is 1.95 bits per heavy atom.